The van der Waals surface area contributed by atoms with E-state index in [2.05, 4.69) is 37.9 Å². The molecule has 0 radical (unpaired) electrons. The summed E-state index contributed by atoms with van der Waals surface area (Å²) in [5.74, 6) is 1.78. The van der Waals surface area contributed by atoms with Crippen LogP contribution in [0.25, 0.3) is 0 Å². The maximum Gasteiger partial charge on any atom is 0.0108 e. The van der Waals surface area contributed by atoms with Crippen LogP contribution in [-0.2, 0) is 0 Å². The van der Waals surface area contributed by atoms with E-state index >= 15 is 0 Å². The Morgan fingerprint density at radius 3 is 2.68 bits per heavy atom. The van der Waals surface area contributed by atoms with Crippen LogP contribution in [0.1, 0.15) is 59.8 Å². The molecule has 1 saturated carbocycles. The molecule has 3 unspecified atom stereocenters. The average molecular weight is 266 g/mol. The number of likely N-dealkylation sites (tertiary alicyclic amines) is 1. The van der Waals surface area contributed by atoms with E-state index in [1.807, 2.05) is 0 Å². The Morgan fingerprint density at radius 2 is 2.05 bits per heavy atom. The van der Waals surface area contributed by atoms with Crippen LogP contribution in [0, 0.1) is 17.3 Å². The first-order valence-electron chi connectivity index (χ1n) is 8.46. The van der Waals surface area contributed by atoms with Crippen molar-refractivity contribution in [3.63, 3.8) is 0 Å². The summed E-state index contributed by atoms with van der Waals surface area (Å²) in [6.45, 7) is 14.8. The molecule has 0 bridgehead atoms. The van der Waals surface area contributed by atoms with Crippen molar-refractivity contribution in [2.24, 2.45) is 17.3 Å². The third-order valence-corrected chi connectivity index (χ3v) is 5.17. The van der Waals surface area contributed by atoms with E-state index in [0.29, 0.717) is 5.41 Å². The van der Waals surface area contributed by atoms with E-state index in [0.717, 1.165) is 17.9 Å². The molecule has 0 aromatic heterocycles. The minimum Gasteiger partial charge on any atom is -0.314 e. The summed E-state index contributed by atoms with van der Waals surface area (Å²) >= 11 is 0. The Hall–Kier alpha value is -0.0800. The minimum absolute atomic E-state index is 0.556. The van der Waals surface area contributed by atoms with Gasteiger partial charge in [-0.25, -0.2) is 0 Å². The van der Waals surface area contributed by atoms with E-state index in [9.17, 15) is 0 Å². The van der Waals surface area contributed by atoms with Gasteiger partial charge in [-0.15, -0.1) is 0 Å². The fraction of sp³-hybridized carbons (Fsp3) is 1.00. The quantitative estimate of drug-likeness (QED) is 0.819. The lowest BCUT2D eigenvalue weighted by Crippen LogP contribution is -2.47. The fourth-order valence-corrected chi connectivity index (χ4v) is 4.05. The molecule has 3 atom stereocenters. The summed E-state index contributed by atoms with van der Waals surface area (Å²) in [7, 11) is 0. The second kappa shape index (κ2) is 6.58. The van der Waals surface area contributed by atoms with Gasteiger partial charge in [0, 0.05) is 19.1 Å². The van der Waals surface area contributed by atoms with Crippen LogP contribution in [0.15, 0.2) is 0 Å². The zero-order chi connectivity index (χ0) is 13.9. The monoisotopic (exact) mass is 266 g/mol. The maximum atomic E-state index is 3.82. The number of rotatable bonds is 5. The van der Waals surface area contributed by atoms with Gasteiger partial charge in [0.25, 0.3) is 0 Å². The number of hydrogen-bond acceptors (Lipinski definition) is 2. The maximum absolute atomic E-state index is 3.82. The van der Waals surface area contributed by atoms with Gasteiger partial charge < -0.3 is 10.2 Å². The van der Waals surface area contributed by atoms with Crippen LogP contribution in [-0.4, -0.2) is 37.1 Å². The lowest BCUT2D eigenvalue weighted by Gasteiger charge is -2.42. The molecule has 1 heterocycles. The molecule has 1 saturated heterocycles. The largest absolute Gasteiger partial charge is 0.314 e. The van der Waals surface area contributed by atoms with Gasteiger partial charge in [0.05, 0.1) is 0 Å². The molecule has 1 aliphatic heterocycles. The van der Waals surface area contributed by atoms with Crippen LogP contribution >= 0.6 is 0 Å². The molecule has 2 heteroatoms. The van der Waals surface area contributed by atoms with Gasteiger partial charge in [0.1, 0.15) is 0 Å². The highest BCUT2D eigenvalue weighted by Crippen LogP contribution is 2.39. The highest BCUT2D eigenvalue weighted by Gasteiger charge is 2.36. The molecule has 2 aliphatic rings. The average Bonchev–Trinajstić information content (AvgIpc) is 2.73. The van der Waals surface area contributed by atoms with Gasteiger partial charge in [-0.05, 0) is 62.4 Å². The highest BCUT2D eigenvalue weighted by atomic mass is 15.2. The van der Waals surface area contributed by atoms with Crippen LogP contribution < -0.4 is 5.32 Å². The minimum atomic E-state index is 0.556. The van der Waals surface area contributed by atoms with Crippen LogP contribution in [0.5, 0.6) is 0 Å². The van der Waals surface area contributed by atoms with Gasteiger partial charge in [-0.3, -0.25) is 0 Å². The summed E-state index contributed by atoms with van der Waals surface area (Å²) < 4.78 is 0. The number of hydrogen-bond donors (Lipinski definition) is 1. The Bertz CT molecular complexity index is 274. The molecule has 1 N–H and O–H groups in total. The van der Waals surface area contributed by atoms with Crippen LogP contribution in [0.4, 0.5) is 0 Å². The highest BCUT2D eigenvalue weighted by molar-refractivity contribution is 4.91. The summed E-state index contributed by atoms with van der Waals surface area (Å²) in [5, 5.41) is 3.82. The second-order valence-electron chi connectivity index (χ2n) is 7.88. The van der Waals surface area contributed by atoms with Crippen molar-refractivity contribution in [2.75, 3.05) is 26.2 Å². The molecule has 1 aliphatic carbocycles. The van der Waals surface area contributed by atoms with Crippen LogP contribution in [0.2, 0.25) is 0 Å². The SMILES string of the molecule is CCCNC1CCC(C)(C)CC1CN1CCC(C)C1. The molecular formula is C17H34N2. The third-order valence-electron chi connectivity index (χ3n) is 5.17. The predicted octanol–water partition coefficient (Wildman–Crippen LogP) is 3.52. The molecule has 0 aromatic rings. The zero-order valence-corrected chi connectivity index (χ0v) is 13.5. The van der Waals surface area contributed by atoms with Crippen molar-refractivity contribution < 1.29 is 0 Å². The Morgan fingerprint density at radius 1 is 1.26 bits per heavy atom. The standard InChI is InChI=1S/C17H34N2/c1-5-9-18-16-6-8-17(3,4)11-15(16)13-19-10-7-14(2)12-19/h14-16,18H,5-13H2,1-4H3. The first-order chi connectivity index (χ1) is 9.00. The van der Waals surface area contributed by atoms with E-state index in [4.69, 9.17) is 0 Å². The lowest BCUT2D eigenvalue weighted by molar-refractivity contribution is 0.107. The number of nitrogens with one attached hydrogen (secondary N) is 1. The Balaban J connectivity index is 1.90. The molecule has 0 aromatic carbocycles. The van der Waals surface area contributed by atoms with E-state index in [1.54, 1.807) is 0 Å². The molecule has 2 rings (SSSR count). The topological polar surface area (TPSA) is 15.3 Å². The molecule has 19 heavy (non-hydrogen) atoms. The Kier molecular flexibility index (Phi) is 5.30. The fourth-order valence-electron chi connectivity index (χ4n) is 4.05. The molecular weight excluding hydrogens is 232 g/mol. The van der Waals surface area contributed by atoms with Gasteiger partial charge in [0.2, 0.25) is 0 Å². The zero-order valence-electron chi connectivity index (χ0n) is 13.5. The number of nitrogens with zero attached hydrogens (tertiary/aromatic N) is 1. The third kappa shape index (κ3) is 4.46. The van der Waals surface area contributed by atoms with Crippen molar-refractivity contribution >= 4 is 0 Å². The summed E-state index contributed by atoms with van der Waals surface area (Å²) in [5.41, 5.74) is 0.556. The predicted molar refractivity (Wildman–Crippen MR) is 83.4 cm³/mol. The van der Waals surface area contributed by atoms with Crippen molar-refractivity contribution in [2.45, 2.75) is 65.8 Å². The smallest absolute Gasteiger partial charge is 0.0108 e. The summed E-state index contributed by atoms with van der Waals surface area (Å²) in [6, 6.07) is 0.767. The van der Waals surface area contributed by atoms with E-state index in [-0.39, 0.29) is 0 Å². The van der Waals surface area contributed by atoms with Gasteiger partial charge in [-0.2, -0.15) is 0 Å². The molecule has 2 nitrogen and oxygen atoms in total. The van der Waals surface area contributed by atoms with Crippen molar-refractivity contribution in [1.82, 2.24) is 10.2 Å². The first kappa shape index (κ1) is 15.3. The molecule has 2 fully saturated rings. The van der Waals surface area contributed by atoms with Crippen molar-refractivity contribution in [3.05, 3.63) is 0 Å². The first-order valence-corrected chi connectivity index (χ1v) is 8.46. The molecule has 112 valence electrons. The van der Waals surface area contributed by atoms with E-state index < -0.39 is 0 Å². The van der Waals surface area contributed by atoms with Gasteiger partial charge in [-0.1, -0.05) is 27.7 Å². The van der Waals surface area contributed by atoms with Gasteiger partial charge >= 0.3 is 0 Å². The van der Waals surface area contributed by atoms with E-state index in [1.165, 1.54) is 58.3 Å². The summed E-state index contributed by atoms with van der Waals surface area (Å²) in [4.78, 5) is 2.72. The molecule has 0 amide bonds. The second-order valence-corrected chi connectivity index (χ2v) is 7.88. The Labute approximate surface area is 120 Å². The van der Waals surface area contributed by atoms with Crippen molar-refractivity contribution in [3.8, 4) is 0 Å². The van der Waals surface area contributed by atoms with Crippen molar-refractivity contribution in [1.29, 1.82) is 0 Å². The summed E-state index contributed by atoms with van der Waals surface area (Å²) in [6.07, 6.45) is 6.83. The lowest BCUT2D eigenvalue weighted by atomic mass is 9.69. The van der Waals surface area contributed by atoms with Gasteiger partial charge in [0.15, 0.2) is 0 Å². The molecule has 0 spiro atoms. The normalized spacial score (nSPS) is 35.7. The van der Waals surface area contributed by atoms with Crippen LogP contribution in [0.3, 0.4) is 0 Å².